The molecule has 3 rings (SSSR count). The summed E-state index contributed by atoms with van der Waals surface area (Å²) in [5, 5.41) is 5.37. The molecule has 2 heterocycles. The predicted molar refractivity (Wildman–Crippen MR) is 98.0 cm³/mol. The first kappa shape index (κ1) is 18.4. The first-order valence-electron chi connectivity index (χ1n) is 8.41. The van der Waals surface area contributed by atoms with Crippen LogP contribution >= 0.6 is 11.8 Å². The molecule has 4 amide bonds. The Hall–Kier alpha value is -2.39. The maximum Gasteiger partial charge on any atom is 0.264 e. The number of nitrogens with two attached hydrogens (primary N) is 1. The molecule has 1 unspecified atom stereocenters. The summed E-state index contributed by atoms with van der Waals surface area (Å²) < 4.78 is 0. The zero-order valence-electron chi connectivity index (χ0n) is 14.1. The molecule has 0 bridgehead atoms. The third-order valence-corrected chi connectivity index (χ3v) is 5.31. The Morgan fingerprint density at radius 3 is 2.73 bits per heavy atom. The molecule has 2 aliphatic heterocycles. The molecule has 1 aromatic carbocycles. The second kappa shape index (κ2) is 7.88. The SMILES string of the molecule is NCCSCCNc1cccc2c1C(=O)N(C1CCC(=O)NC1=O)C2=O. The molecule has 0 saturated carbocycles. The molecule has 0 aliphatic carbocycles. The van der Waals surface area contributed by atoms with E-state index in [1.165, 1.54) is 0 Å². The number of hydrogen-bond donors (Lipinski definition) is 3. The van der Waals surface area contributed by atoms with Crippen LogP contribution in [0.2, 0.25) is 0 Å². The minimum Gasteiger partial charge on any atom is -0.384 e. The van der Waals surface area contributed by atoms with Crippen molar-refractivity contribution in [3.05, 3.63) is 29.3 Å². The highest BCUT2D eigenvalue weighted by atomic mass is 32.2. The maximum absolute atomic E-state index is 12.9. The van der Waals surface area contributed by atoms with E-state index in [4.69, 9.17) is 5.73 Å². The molecule has 0 radical (unpaired) electrons. The van der Waals surface area contributed by atoms with Gasteiger partial charge in [0.1, 0.15) is 6.04 Å². The van der Waals surface area contributed by atoms with E-state index in [0.717, 1.165) is 16.4 Å². The molecule has 1 aromatic rings. The van der Waals surface area contributed by atoms with Crippen LogP contribution in [0, 0.1) is 0 Å². The zero-order valence-corrected chi connectivity index (χ0v) is 14.9. The summed E-state index contributed by atoms with van der Waals surface area (Å²) in [5.41, 5.74) is 6.59. The fraction of sp³-hybridized carbons (Fsp3) is 0.412. The van der Waals surface area contributed by atoms with E-state index >= 15 is 0 Å². The van der Waals surface area contributed by atoms with Gasteiger partial charge >= 0.3 is 0 Å². The van der Waals surface area contributed by atoms with Gasteiger partial charge in [0.05, 0.1) is 11.1 Å². The Balaban J connectivity index is 1.78. The lowest BCUT2D eigenvalue weighted by molar-refractivity contribution is -0.136. The lowest BCUT2D eigenvalue weighted by Gasteiger charge is -2.27. The van der Waals surface area contributed by atoms with E-state index in [2.05, 4.69) is 10.6 Å². The fourth-order valence-electron chi connectivity index (χ4n) is 3.11. The predicted octanol–water partition coefficient (Wildman–Crippen LogP) is 0.192. The minimum atomic E-state index is -0.951. The van der Waals surface area contributed by atoms with Crippen LogP contribution in [0.15, 0.2) is 18.2 Å². The molecule has 8 nitrogen and oxygen atoms in total. The number of amides is 4. The van der Waals surface area contributed by atoms with Crippen LogP contribution in [0.1, 0.15) is 33.6 Å². The van der Waals surface area contributed by atoms with Crippen molar-refractivity contribution in [2.75, 3.05) is 29.9 Å². The average Bonchev–Trinajstić information content (AvgIpc) is 2.87. The van der Waals surface area contributed by atoms with Gasteiger partial charge in [-0.3, -0.25) is 29.4 Å². The van der Waals surface area contributed by atoms with Gasteiger partial charge in [0.2, 0.25) is 11.8 Å². The van der Waals surface area contributed by atoms with Crippen LogP contribution in [-0.4, -0.2) is 59.2 Å². The lowest BCUT2D eigenvalue weighted by atomic mass is 10.0. The Morgan fingerprint density at radius 2 is 2.00 bits per heavy atom. The summed E-state index contributed by atoms with van der Waals surface area (Å²) in [6.45, 7) is 1.24. The van der Waals surface area contributed by atoms with Gasteiger partial charge in [-0.05, 0) is 18.6 Å². The van der Waals surface area contributed by atoms with Crippen molar-refractivity contribution in [3.8, 4) is 0 Å². The van der Waals surface area contributed by atoms with Gasteiger partial charge in [-0.2, -0.15) is 11.8 Å². The van der Waals surface area contributed by atoms with Crippen molar-refractivity contribution in [2.24, 2.45) is 5.73 Å². The monoisotopic (exact) mass is 376 g/mol. The number of hydrogen-bond acceptors (Lipinski definition) is 7. The first-order valence-corrected chi connectivity index (χ1v) is 9.56. The number of carbonyl (C=O) groups excluding carboxylic acids is 4. The van der Waals surface area contributed by atoms with Crippen molar-refractivity contribution in [3.63, 3.8) is 0 Å². The van der Waals surface area contributed by atoms with E-state index in [1.54, 1.807) is 30.0 Å². The van der Waals surface area contributed by atoms with Crippen molar-refractivity contribution < 1.29 is 19.2 Å². The van der Waals surface area contributed by atoms with E-state index in [9.17, 15) is 19.2 Å². The molecule has 9 heteroatoms. The quantitative estimate of drug-likeness (QED) is 0.459. The molecule has 1 fully saturated rings. The Labute approximate surface area is 154 Å². The molecule has 4 N–H and O–H groups in total. The normalized spacial score (nSPS) is 19.6. The third-order valence-electron chi connectivity index (χ3n) is 4.29. The summed E-state index contributed by atoms with van der Waals surface area (Å²) in [7, 11) is 0. The standard InChI is InChI=1S/C17H20N4O4S/c18-6-8-26-9-7-19-11-3-1-2-10-14(11)17(25)21(16(10)24)12-4-5-13(22)20-15(12)23/h1-3,12,19H,4-9,18H2,(H,20,22,23). The van der Waals surface area contributed by atoms with Gasteiger partial charge in [0.15, 0.2) is 0 Å². The Kier molecular flexibility index (Phi) is 5.58. The fourth-order valence-corrected chi connectivity index (χ4v) is 3.72. The number of piperidine rings is 1. The Bertz CT molecular complexity index is 767. The Morgan fingerprint density at radius 1 is 1.19 bits per heavy atom. The second-order valence-electron chi connectivity index (χ2n) is 6.00. The van der Waals surface area contributed by atoms with Crippen LogP contribution < -0.4 is 16.4 Å². The van der Waals surface area contributed by atoms with Crippen LogP contribution in [-0.2, 0) is 9.59 Å². The summed E-state index contributed by atoms with van der Waals surface area (Å²) in [6, 6.07) is 4.07. The molecular weight excluding hydrogens is 356 g/mol. The molecule has 2 aliphatic rings. The molecule has 26 heavy (non-hydrogen) atoms. The molecule has 1 saturated heterocycles. The number of thioether (sulfide) groups is 1. The third kappa shape index (κ3) is 3.45. The van der Waals surface area contributed by atoms with Crippen molar-refractivity contribution in [1.82, 2.24) is 10.2 Å². The lowest BCUT2D eigenvalue weighted by Crippen LogP contribution is -2.54. The highest BCUT2D eigenvalue weighted by Gasteiger charge is 2.45. The summed E-state index contributed by atoms with van der Waals surface area (Å²) >= 11 is 1.70. The second-order valence-corrected chi connectivity index (χ2v) is 7.23. The number of rotatable bonds is 7. The molecule has 0 spiro atoms. The summed E-state index contributed by atoms with van der Waals surface area (Å²) in [4.78, 5) is 49.9. The van der Waals surface area contributed by atoms with Crippen LogP contribution in [0.5, 0.6) is 0 Å². The smallest absolute Gasteiger partial charge is 0.264 e. The van der Waals surface area contributed by atoms with Crippen LogP contribution in [0.3, 0.4) is 0 Å². The largest absolute Gasteiger partial charge is 0.384 e. The number of nitrogens with one attached hydrogen (secondary N) is 2. The number of anilines is 1. The van der Waals surface area contributed by atoms with Gasteiger partial charge in [-0.15, -0.1) is 0 Å². The van der Waals surface area contributed by atoms with E-state index in [-0.39, 0.29) is 29.9 Å². The van der Waals surface area contributed by atoms with Gasteiger partial charge in [0, 0.05) is 36.7 Å². The number of nitrogens with zero attached hydrogens (tertiary/aromatic N) is 1. The topological polar surface area (TPSA) is 122 Å². The summed E-state index contributed by atoms with van der Waals surface area (Å²) in [6.07, 6.45) is 0.252. The van der Waals surface area contributed by atoms with E-state index < -0.39 is 23.8 Å². The van der Waals surface area contributed by atoms with Crippen molar-refractivity contribution in [1.29, 1.82) is 0 Å². The number of fused-ring (bicyclic) bond motifs is 1. The minimum absolute atomic E-state index is 0.104. The highest BCUT2D eigenvalue weighted by Crippen LogP contribution is 2.32. The van der Waals surface area contributed by atoms with Gasteiger partial charge in [0.25, 0.3) is 11.8 Å². The van der Waals surface area contributed by atoms with E-state index in [1.807, 2.05) is 0 Å². The summed E-state index contributed by atoms with van der Waals surface area (Å²) in [5.74, 6) is -0.323. The first-order chi connectivity index (χ1) is 12.5. The van der Waals surface area contributed by atoms with E-state index in [0.29, 0.717) is 18.8 Å². The highest BCUT2D eigenvalue weighted by molar-refractivity contribution is 7.99. The zero-order chi connectivity index (χ0) is 18.7. The average molecular weight is 376 g/mol. The van der Waals surface area contributed by atoms with Gasteiger partial charge in [-0.1, -0.05) is 6.07 Å². The number of imide groups is 2. The molecular formula is C17H20N4O4S. The van der Waals surface area contributed by atoms with Gasteiger partial charge in [-0.25, -0.2) is 0 Å². The maximum atomic E-state index is 12.9. The number of carbonyl (C=O) groups is 4. The van der Waals surface area contributed by atoms with Crippen LogP contribution in [0.25, 0.3) is 0 Å². The molecule has 138 valence electrons. The number of benzene rings is 1. The van der Waals surface area contributed by atoms with Gasteiger partial charge < -0.3 is 11.1 Å². The van der Waals surface area contributed by atoms with Crippen molar-refractivity contribution >= 4 is 41.1 Å². The molecule has 0 aromatic heterocycles. The van der Waals surface area contributed by atoms with Crippen LogP contribution in [0.4, 0.5) is 5.69 Å². The molecule has 1 atom stereocenters. The van der Waals surface area contributed by atoms with Crippen molar-refractivity contribution in [2.45, 2.75) is 18.9 Å².